The van der Waals surface area contributed by atoms with Crippen molar-refractivity contribution >= 4 is 5.91 Å². The Balaban J connectivity index is 1.75. The highest BCUT2D eigenvalue weighted by atomic mass is 16.3. The molecule has 0 aromatic heterocycles. The van der Waals surface area contributed by atoms with Crippen LogP contribution in [0.15, 0.2) is 0 Å². The number of aliphatic hydroxyl groups is 1. The van der Waals surface area contributed by atoms with E-state index in [1.807, 2.05) is 0 Å². The highest BCUT2D eigenvalue weighted by Crippen LogP contribution is 2.29. The topological polar surface area (TPSA) is 49.3 Å². The summed E-state index contributed by atoms with van der Waals surface area (Å²) < 4.78 is 0. The van der Waals surface area contributed by atoms with Gasteiger partial charge in [0.2, 0.25) is 5.91 Å². The molecule has 18 heavy (non-hydrogen) atoms. The van der Waals surface area contributed by atoms with Gasteiger partial charge in [0, 0.05) is 12.5 Å². The molecule has 1 amide bonds. The van der Waals surface area contributed by atoms with Gasteiger partial charge in [-0.1, -0.05) is 44.9 Å². The van der Waals surface area contributed by atoms with Crippen LogP contribution in [0.25, 0.3) is 0 Å². The van der Waals surface area contributed by atoms with E-state index in [1.165, 1.54) is 32.1 Å². The summed E-state index contributed by atoms with van der Waals surface area (Å²) in [6.45, 7) is 0.461. The summed E-state index contributed by atoms with van der Waals surface area (Å²) in [5.41, 5.74) is -0.614. The van der Waals surface area contributed by atoms with E-state index in [0.717, 1.165) is 38.5 Å². The Morgan fingerprint density at radius 3 is 2.17 bits per heavy atom. The minimum atomic E-state index is -0.614. The Morgan fingerprint density at radius 2 is 1.56 bits per heavy atom. The summed E-state index contributed by atoms with van der Waals surface area (Å²) in [7, 11) is 0. The Kier molecular flexibility index (Phi) is 5.04. The average molecular weight is 253 g/mol. The Labute approximate surface area is 110 Å². The largest absolute Gasteiger partial charge is 0.388 e. The zero-order chi connectivity index (χ0) is 12.8. The van der Waals surface area contributed by atoms with E-state index < -0.39 is 5.60 Å². The van der Waals surface area contributed by atoms with Crippen molar-refractivity contribution in [3.63, 3.8) is 0 Å². The molecule has 0 spiro atoms. The van der Waals surface area contributed by atoms with Gasteiger partial charge in [-0.2, -0.15) is 0 Å². The van der Waals surface area contributed by atoms with E-state index in [0.29, 0.717) is 6.54 Å². The van der Waals surface area contributed by atoms with Crippen LogP contribution in [0.5, 0.6) is 0 Å². The lowest BCUT2D eigenvalue weighted by atomic mass is 9.90. The van der Waals surface area contributed by atoms with E-state index in [4.69, 9.17) is 0 Å². The molecule has 0 bridgehead atoms. The maximum Gasteiger partial charge on any atom is 0.223 e. The molecule has 2 saturated carbocycles. The number of hydrogen-bond acceptors (Lipinski definition) is 2. The van der Waals surface area contributed by atoms with Crippen molar-refractivity contribution in [1.82, 2.24) is 5.32 Å². The molecular weight excluding hydrogens is 226 g/mol. The van der Waals surface area contributed by atoms with Crippen LogP contribution in [0.3, 0.4) is 0 Å². The minimum absolute atomic E-state index is 0.178. The summed E-state index contributed by atoms with van der Waals surface area (Å²) in [6, 6.07) is 0. The van der Waals surface area contributed by atoms with E-state index >= 15 is 0 Å². The van der Waals surface area contributed by atoms with Crippen molar-refractivity contribution in [3.05, 3.63) is 0 Å². The van der Waals surface area contributed by atoms with Gasteiger partial charge in [-0.15, -0.1) is 0 Å². The second-order valence-corrected chi connectivity index (χ2v) is 6.19. The van der Waals surface area contributed by atoms with Crippen LogP contribution in [0, 0.1) is 5.92 Å². The van der Waals surface area contributed by atoms with E-state index in [2.05, 4.69) is 5.32 Å². The summed E-state index contributed by atoms with van der Waals surface area (Å²) in [4.78, 5) is 12.1. The number of carbonyl (C=O) groups excluding carboxylic acids is 1. The maximum atomic E-state index is 12.1. The molecular formula is C15H27NO2. The molecule has 0 heterocycles. The molecule has 2 rings (SSSR count). The van der Waals surface area contributed by atoms with Crippen LogP contribution in [0.1, 0.15) is 70.6 Å². The number of carbonyl (C=O) groups is 1. The van der Waals surface area contributed by atoms with Crippen LogP contribution in [0.2, 0.25) is 0 Å². The highest BCUT2D eigenvalue weighted by molar-refractivity contribution is 5.78. The Hall–Kier alpha value is -0.570. The lowest BCUT2D eigenvalue weighted by Crippen LogP contribution is -2.43. The highest BCUT2D eigenvalue weighted by Gasteiger charge is 2.32. The predicted molar refractivity (Wildman–Crippen MR) is 72.2 cm³/mol. The first kappa shape index (κ1) is 13.9. The van der Waals surface area contributed by atoms with Gasteiger partial charge >= 0.3 is 0 Å². The van der Waals surface area contributed by atoms with Crippen LogP contribution in [-0.2, 0) is 4.79 Å². The number of amides is 1. The van der Waals surface area contributed by atoms with Gasteiger partial charge in [0.1, 0.15) is 0 Å². The van der Waals surface area contributed by atoms with Crippen molar-refractivity contribution in [2.75, 3.05) is 6.54 Å². The lowest BCUT2D eigenvalue weighted by molar-refractivity contribution is -0.126. The van der Waals surface area contributed by atoms with Crippen molar-refractivity contribution in [2.24, 2.45) is 5.92 Å². The molecule has 0 saturated heterocycles. The van der Waals surface area contributed by atoms with Crippen LogP contribution in [-0.4, -0.2) is 23.2 Å². The Morgan fingerprint density at radius 1 is 1.00 bits per heavy atom. The molecule has 2 aliphatic carbocycles. The minimum Gasteiger partial charge on any atom is -0.388 e. The quantitative estimate of drug-likeness (QED) is 0.812. The molecule has 0 aromatic carbocycles. The van der Waals surface area contributed by atoms with Gasteiger partial charge in [-0.25, -0.2) is 0 Å². The zero-order valence-corrected chi connectivity index (χ0v) is 11.4. The van der Waals surface area contributed by atoms with Gasteiger partial charge < -0.3 is 10.4 Å². The molecule has 2 fully saturated rings. The summed E-state index contributed by atoms with van der Waals surface area (Å²) in [5.74, 6) is 0.368. The van der Waals surface area contributed by atoms with Crippen molar-refractivity contribution in [1.29, 1.82) is 0 Å². The lowest BCUT2D eigenvalue weighted by Gasteiger charge is -2.25. The monoisotopic (exact) mass is 253 g/mol. The third kappa shape index (κ3) is 3.98. The Bertz CT molecular complexity index is 264. The predicted octanol–water partition coefficient (Wildman–Crippen LogP) is 2.77. The smallest absolute Gasteiger partial charge is 0.223 e. The first-order valence-electron chi connectivity index (χ1n) is 7.70. The molecule has 2 aliphatic rings. The number of hydrogen-bond donors (Lipinski definition) is 2. The average Bonchev–Trinajstić information content (AvgIpc) is 2.73. The van der Waals surface area contributed by atoms with Gasteiger partial charge in [-0.3, -0.25) is 4.79 Å². The van der Waals surface area contributed by atoms with Gasteiger partial charge in [-0.05, 0) is 25.7 Å². The first-order chi connectivity index (χ1) is 8.70. The first-order valence-corrected chi connectivity index (χ1v) is 7.70. The van der Waals surface area contributed by atoms with Gasteiger partial charge in [0.05, 0.1) is 5.60 Å². The van der Waals surface area contributed by atoms with Gasteiger partial charge in [0.15, 0.2) is 0 Å². The fraction of sp³-hybridized carbons (Fsp3) is 0.933. The van der Waals surface area contributed by atoms with E-state index in [9.17, 15) is 9.90 Å². The normalized spacial score (nSPS) is 25.4. The van der Waals surface area contributed by atoms with E-state index in [-0.39, 0.29) is 11.8 Å². The molecule has 0 atom stereocenters. The summed E-state index contributed by atoms with van der Waals surface area (Å²) >= 11 is 0. The third-order valence-electron chi connectivity index (χ3n) is 4.60. The van der Waals surface area contributed by atoms with Crippen molar-refractivity contribution in [2.45, 2.75) is 76.2 Å². The van der Waals surface area contributed by atoms with Crippen molar-refractivity contribution in [3.8, 4) is 0 Å². The second kappa shape index (κ2) is 6.55. The molecule has 3 nitrogen and oxygen atoms in total. The van der Waals surface area contributed by atoms with Gasteiger partial charge in [0.25, 0.3) is 0 Å². The third-order valence-corrected chi connectivity index (χ3v) is 4.60. The van der Waals surface area contributed by atoms with Crippen LogP contribution < -0.4 is 5.32 Å². The van der Waals surface area contributed by atoms with E-state index in [1.54, 1.807) is 0 Å². The maximum absolute atomic E-state index is 12.1. The standard InChI is InChI=1S/C15H27NO2/c17-14(13-8-4-2-1-3-5-9-13)16-12-15(18)10-6-7-11-15/h13,18H,1-12H2,(H,16,17). The fourth-order valence-corrected chi connectivity index (χ4v) is 3.32. The van der Waals surface area contributed by atoms with Crippen LogP contribution >= 0.6 is 0 Å². The fourth-order valence-electron chi connectivity index (χ4n) is 3.32. The zero-order valence-electron chi connectivity index (χ0n) is 11.4. The SMILES string of the molecule is O=C(NCC1(O)CCCC1)C1CCCCCCC1. The number of nitrogens with one attached hydrogen (secondary N) is 1. The molecule has 0 aliphatic heterocycles. The number of rotatable bonds is 3. The second-order valence-electron chi connectivity index (χ2n) is 6.19. The molecule has 3 heteroatoms. The molecule has 0 unspecified atom stereocenters. The summed E-state index contributed by atoms with van der Waals surface area (Å²) in [5, 5.41) is 13.2. The van der Waals surface area contributed by atoms with Crippen molar-refractivity contribution < 1.29 is 9.90 Å². The summed E-state index contributed by atoms with van der Waals surface area (Å²) in [6.07, 6.45) is 12.2. The van der Waals surface area contributed by atoms with Crippen LogP contribution in [0.4, 0.5) is 0 Å². The molecule has 0 radical (unpaired) electrons. The molecule has 0 aromatic rings. The molecule has 2 N–H and O–H groups in total. The molecule has 104 valence electrons.